The predicted octanol–water partition coefficient (Wildman–Crippen LogP) is 0.132. The van der Waals surface area contributed by atoms with Crippen LogP contribution in [0.5, 0.6) is 0 Å². The highest BCUT2D eigenvalue weighted by atomic mass is 16.4. The molecule has 0 radical (unpaired) electrons. The molecule has 1 atom stereocenters. The van der Waals surface area contributed by atoms with E-state index in [4.69, 9.17) is 0 Å². The molecule has 0 bridgehead atoms. The first-order valence-electron chi connectivity index (χ1n) is 3.78. The van der Waals surface area contributed by atoms with Gasteiger partial charge >= 0.3 is 0 Å². The molecular formula is C8H13O3-. The van der Waals surface area contributed by atoms with Crippen molar-refractivity contribution in [1.29, 1.82) is 0 Å². The van der Waals surface area contributed by atoms with Crippen LogP contribution in [0.15, 0.2) is 0 Å². The second kappa shape index (κ2) is 4.88. The van der Waals surface area contributed by atoms with Gasteiger partial charge in [0, 0.05) is 18.3 Å². The number of aliphatic carboxylic acids is 1. The van der Waals surface area contributed by atoms with Crippen molar-refractivity contribution in [3.05, 3.63) is 0 Å². The summed E-state index contributed by atoms with van der Waals surface area (Å²) in [7, 11) is 0. The van der Waals surface area contributed by atoms with E-state index in [9.17, 15) is 14.7 Å². The van der Waals surface area contributed by atoms with Gasteiger partial charge in [-0.05, 0) is 13.3 Å². The number of hydrogen-bond acceptors (Lipinski definition) is 3. The van der Waals surface area contributed by atoms with E-state index in [0.717, 1.165) is 6.42 Å². The lowest BCUT2D eigenvalue weighted by atomic mass is 9.98. The van der Waals surface area contributed by atoms with Crippen LogP contribution in [0.3, 0.4) is 0 Å². The first-order chi connectivity index (χ1) is 5.07. The lowest BCUT2D eigenvalue weighted by Gasteiger charge is -2.14. The fraction of sp³-hybridized carbons (Fsp3) is 0.750. The number of ketones is 1. The van der Waals surface area contributed by atoms with Gasteiger partial charge in [0.25, 0.3) is 0 Å². The first kappa shape index (κ1) is 10.1. The summed E-state index contributed by atoms with van der Waals surface area (Å²) >= 11 is 0. The Hall–Kier alpha value is -0.860. The fourth-order valence-electron chi connectivity index (χ4n) is 0.999. The molecule has 0 saturated heterocycles. The summed E-state index contributed by atoms with van der Waals surface area (Å²) in [6.45, 7) is 3.28. The van der Waals surface area contributed by atoms with Gasteiger partial charge in [-0.15, -0.1) is 0 Å². The third kappa shape index (κ3) is 4.53. The zero-order chi connectivity index (χ0) is 8.85. The third-order valence-electron chi connectivity index (χ3n) is 1.50. The van der Waals surface area contributed by atoms with Crippen LogP contribution < -0.4 is 5.11 Å². The van der Waals surface area contributed by atoms with Crippen molar-refractivity contribution in [2.24, 2.45) is 5.92 Å². The molecule has 0 aliphatic rings. The van der Waals surface area contributed by atoms with Gasteiger partial charge in [-0.3, -0.25) is 0 Å². The minimum Gasteiger partial charge on any atom is -0.550 e. The maximum Gasteiger partial charge on any atom is 0.130 e. The minimum atomic E-state index is -1.11. The van der Waals surface area contributed by atoms with Crippen molar-refractivity contribution < 1.29 is 14.7 Å². The molecule has 0 unspecified atom stereocenters. The van der Waals surface area contributed by atoms with Crippen LogP contribution in [0.4, 0.5) is 0 Å². The molecule has 0 amide bonds. The summed E-state index contributed by atoms with van der Waals surface area (Å²) in [5, 5.41) is 10.4. The minimum absolute atomic E-state index is 0.0901. The van der Waals surface area contributed by atoms with Gasteiger partial charge in [0.2, 0.25) is 0 Å². The van der Waals surface area contributed by atoms with Crippen LogP contribution in [-0.2, 0) is 9.59 Å². The number of carboxylic acids is 1. The van der Waals surface area contributed by atoms with E-state index >= 15 is 0 Å². The molecule has 0 aromatic rings. The lowest BCUT2D eigenvalue weighted by molar-refractivity contribution is -0.311. The lowest BCUT2D eigenvalue weighted by Crippen LogP contribution is -2.32. The van der Waals surface area contributed by atoms with Crippen molar-refractivity contribution in [1.82, 2.24) is 0 Å². The molecule has 0 spiro atoms. The second-order valence-corrected chi connectivity index (χ2v) is 2.71. The van der Waals surface area contributed by atoms with E-state index in [1.54, 1.807) is 0 Å². The average Bonchev–Trinajstić information content (AvgIpc) is 1.86. The Labute approximate surface area is 66.4 Å². The summed E-state index contributed by atoms with van der Waals surface area (Å²) in [5.41, 5.74) is 0. The summed E-state index contributed by atoms with van der Waals surface area (Å²) < 4.78 is 0. The van der Waals surface area contributed by atoms with Gasteiger partial charge in [-0.1, -0.05) is 13.3 Å². The van der Waals surface area contributed by atoms with Crippen LogP contribution in [0, 0.1) is 5.92 Å². The predicted molar refractivity (Wildman–Crippen MR) is 38.7 cm³/mol. The normalized spacial score (nSPS) is 12.5. The summed E-state index contributed by atoms with van der Waals surface area (Å²) in [6, 6.07) is 0. The second-order valence-electron chi connectivity index (χ2n) is 2.71. The summed E-state index contributed by atoms with van der Waals surface area (Å²) in [6.07, 6.45) is 1.41. The molecule has 0 rings (SSSR count). The average molecular weight is 157 g/mol. The van der Waals surface area contributed by atoms with E-state index in [2.05, 4.69) is 0 Å². The highest BCUT2D eigenvalue weighted by Gasteiger charge is 2.10. The summed E-state index contributed by atoms with van der Waals surface area (Å²) in [5.74, 6) is -1.78. The van der Waals surface area contributed by atoms with Crippen molar-refractivity contribution in [2.45, 2.75) is 33.1 Å². The maximum absolute atomic E-state index is 10.5. The molecule has 0 aromatic carbocycles. The first-order valence-corrected chi connectivity index (χ1v) is 3.78. The number of Topliss-reactive ketones (excluding diaryl/α,β-unsaturated/α-hetero) is 1. The Kier molecular flexibility index (Phi) is 4.50. The molecule has 0 saturated carbocycles. The monoisotopic (exact) mass is 157 g/mol. The Balaban J connectivity index is 3.89. The largest absolute Gasteiger partial charge is 0.550 e. The van der Waals surface area contributed by atoms with Crippen LogP contribution in [-0.4, -0.2) is 11.8 Å². The standard InChI is InChI=1S/C8H14O3/c1-3-4-7(8(10)11)5-6(2)9/h7H,3-5H2,1-2H3,(H,10,11)/p-1/t7-/m1/s1. The SMILES string of the molecule is CCC[C@H](CC(C)=O)C(=O)[O-]. The zero-order valence-electron chi connectivity index (χ0n) is 6.92. The molecule has 0 heterocycles. The van der Waals surface area contributed by atoms with E-state index < -0.39 is 11.9 Å². The maximum atomic E-state index is 10.5. The Bertz CT molecular complexity index is 151. The van der Waals surface area contributed by atoms with Crippen molar-refractivity contribution >= 4 is 11.8 Å². The number of carbonyl (C=O) groups excluding carboxylic acids is 2. The van der Waals surface area contributed by atoms with Gasteiger partial charge in [-0.25, -0.2) is 0 Å². The van der Waals surface area contributed by atoms with E-state index in [1.165, 1.54) is 6.92 Å². The highest BCUT2D eigenvalue weighted by molar-refractivity contribution is 5.81. The van der Waals surface area contributed by atoms with Gasteiger partial charge in [-0.2, -0.15) is 0 Å². The van der Waals surface area contributed by atoms with Gasteiger partial charge in [0.05, 0.1) is 0 Å². The molecule has 0 aromatic heterocycles. The summed E-state index contributed by atoms with van der Waals surface area (Å²) in [4.78, 5) is 20.9. The Morgan fingerprint density at radius 3 is 2.27 bits per heavy atom. The zero-order valence-corrected chi connectivity index (χ0v) is 6.92. The number of rotatable bonds is 5. The van der Waals surface area contributed by atoms with Crippen molar-refractivity contribution in [3.63, 3.8) is 0 Å². The third-order valence-corrected chi connectivity index (χ3v) is 1.50. The van der Waals surface area contributed by atoms with Gasteiger partial charge in [0.15, 0.2) is 0 Å². The quantitative estimate of drug-likeness (QED) is 0.570. The molecule has 0 aliphatic carbocycles. The molecular weight excluding hydrogens is 144 g/mol. The molecule has 0 fully saturated rings. The van der Waals surface area contributed by atoms with Crippen LogP contribution in [0.25, 0.3) is 0 Å². The number of carbonyl (C=O) groups is 2. The topological polar surface area (TPSA) is 57.2 Å². The Morgan fingerprint density at radius 1 is 1.45 bits per heavy atom. The number of carboxylic acid groups (broad SMARTS) is 1. The van der Waals surface area contributed by atoms with Crippen LogP contribution >= 0.6 is 0 Å². The van der Waals surface area contributed by atoms with E-state index in [-0.39, 0.29) is 12.2 Å². The van der Waals surface area contributed by atoms with Gasteiger partial charge in [0.1, 0.15) is 5.78 Å². The molecule has 0 aliphatic heterocycles. The molecule has 3 heteroatoms. The fourth-order valence-corrected chi connectivity index (χ4v) is 0.999. The van der Waals surface area contributed by atoms with Crippen molar-refractivity contribution in [3.8, 4) is 0 Å². The van der Waals surface area contributed by atoms with E-state index in [1.807, 2.05) is 6.92 Å². The molecule has 11 heavy (non-hydrogen) atoms. The molecule has 0 N–H and O–H groups in total. The number of hydrogen-bond donors (Lipinski definition) is 0. The van der Waals surface area contributed by atoms with Crippen molar-refractivity contribution in [2.75, 3.05) is 0 Å². The molecule has 3 nitrogen and oxygen atoms in total. The van der Waals surface area contributed by atoms with Crippen LogP contribution in [0.1, 0.15) is 33.1 Å². The smallest absolute Gasteiger partial charge is 0.130 e. The van der Waals surface area contributed by atoms with Crippen LogP contribution in [0.2, 0.25) is 0 Å². The Morgan fingerprint density at radius 2 is 2.00 bits per heavy atom. The van der Waals surface area contributed by atoms with Gasteiger partial charge < -0.3 is 14.7 Å². The highest BCUT2D eigenvalue weighted by Crippen LogP contribution is 2.10. The van der Waals surface area contributed by atoms with E-state index in [0.29, 0.717) is 6.42 Å². The molecule has 64 valence electrons.